The average Bonchev–Trinajstić information content (AvgIpc) is 2.27. The number of nitrogens with one attached hydrogen (secondary N) is 1. The van der Waals surface area contributed by atoms with Crippen molar-refractivity contribution in [2.75, 3.05) is 12.4 Å². The highest BCUT2D eigenvalue weighted by atomic mass is 32.2. The molecule has 0 spiro atoms. The largest absolute Gasteiger partial charge is 0.392 e. The second-order valence-electron chi connectivity index (χ2n) is 4.41. The highest BCUT2D eigenvalue weighted by Crippen LogP contribution is 2.33. The van der Waals surface area contributed by atoms with Crippen LogP contribution in [0.3, 0.4) is 0 Å². The third-order valence-corrected chi connectivity index (χ3v) is 3.95. The lowest BCUT2D eigenvalue weighted by atomic mass is 10.1. The molecule has 0 bridgehead atoms. The highest BCUT2D eigenvalue weighted by Gasteiger charge is 2.18. The number of rotatable bonds is 5. The van der Waals surface area contributed by atoms with E-state index in [1.54, 1.807) is 25.0 Å². The van der Waals surface area contributed by atoms with Crippen molar-refractivity contribution in [3.63, 3.8) is 0 Å². The molecule has 0 aliphatic carbocycles. The monoisotopic (exact) mass is 255 g/mol. The van der Waals surface area contributed by atoms with Gasteiger partial charge in [-0.25, -0.2) is 9.97 Å². The van der Waals surface area contributed by atoms with Gasteiger partial charge < -0.3 is 10.4 Å². The number of nitrogens with zero attached hydrogens (tertiary/aromatic N) is 2. The molecular weight excluding hydrogens is 234 g/mol. The minimum atomic E-state index is -0.354. The molecule has 0 saturated carbocycles. The Morgan fingerprint density at radius 3 is 2.35 bits per heavy atom. The van der Waals surface area contributed by atoms with Crippen molar-refractivity contribution in [1.82, 2.24) is 9.97 Å². The van der Waals surface area contributed by atoms with E-state index < -0.39 is 0 Å². The molecule has 0 aliphatic rings. The second-order valence-corrected chi connectivity index (χ2v) is 5.78. The lowest BCUT2D eigenvalue weighted by Gasteiger charge is -2.19. The van der Waals surface area contributed by atoms with Gasteiger partial charge >= 0.3 is 0 Å². The first-order valence-corrected chi connectivity index (χ1v) is 6.72. The van der Waals surface area contributed by atoms with E-state index in [0.717, 1.165) is 16.4 Å². The lowest BCUT2D eigenvalue weighted by Crippen LogP contribution is -2.16. The van der Waals surface area contributed by atoms with Crippen LogP contribution in [0.1, 0.15) is 39.2 Å². The summed E-state index contributed by atoms with van der Waals surface area (Å²) in [5, 5.41) is 13.7. The predicted molar refractivity (Wildman–Crippen MR) is 72.7 cm³/mol. The predicted octanol–water partition coefficient (Wildman–Crippen LogP) is 2.50. The molecular formula is C12H21N3OS. The van der Waals surface area contributed by atoms with E-state index in [9.17, 15) is 5.11 Å². The van der Waals surface area contributed by atoms with Crippen molar-refractivity contribution in [1.29, 1.82) is 0 Å². The molecule has 4 nitrogen and oxygen atoms in total. The van der Waals surface area contributed by atoms with Crippen molar-refractivity contribution in [2.24, 2.45) is 0 Å². The van der Waals surface area contributed by atoms with Gasteiger partial charge in [0.1, 0.15) is 17.2 Å². The fourth-order valence-corrected chi connectivity index (χ4v) is 2.58. The number of hydrogen-bond donors (Lipinski definition) is 2. The average molecular weight is 255 g/mol. The van der Waals surface area contributed by atoms with Crippen LogP contribution in [0.2, 0.25) is 0 Å². The highest BCUT2D eigenvalue weighted by molar-refractivity contribution is 7.99. The molecule has 0 radical (unpaired) electrons. The van der Waals surface area contributed by atoms with Crippen LogP contribution < -0.4 is 5.32 Å². The molecule has 17 heavy (non-hydrogen) atoms. The number of thioether (sulfide) groups is 1. The molecule has 1 heterocycles. The molecule has 1 rings (SSSR count). The van der Waals surface area contributed by atoms with Crippen LogP contribution in [0, 0.1) is 0 Å². The molecule has 0 saturated heterocycles. The van der Waals surface area contributed by atoms with E-state index in [0.29, 0.717) is 5.92 Å². The van der Waals surface area contributed by atoms with E-state index in [-0.39, 0.29) is 11.4 Å². The maximum atomic E-state index is 9.56. The maximum Gasteiger partial charge on any atom is 0.133 e. The van der Waals surface area contributed by atoms with Crippen LogP contribution in [0.4, 0.5) is 5.82 Å². The first kappa shape index (κ1) is 14.3. The normalized spacial score (nSPS) is 14.8. The number of aliphatic hydroxyl groups excluding tert-OH is 1. The van der Waals surface area contributed by atoms with Gasteiger partial charge in [-0.15, -0.1) is 11.8 Å². The van der Waals surface area contributed by atoms with Crippen molar-refractivity contribution >= 4 is 17.6 Å². The lowest BCUT2D eigenvalue weighted by molar-refractivity contribution is 0.196. The zero-order chi connectivity index (χ0) is 13.0. The molecule has 2 atom stereocenters. The Labute approximate surface area is 107 Å². The van der Waals surface area contributed by atoms with Crippen molar-refractivity contribution < 1.29 is 5.11 Å². The van der Waals surface area contributed by atoms with E-state index in [1.165, 1.54) is 0 Å². The Bertz CT molecular complexity index is 369. The molecule has 0 fully saturated rings. The molecule has 1 aromatic heterocycles. The van der Waals surface area contributed by atoms with Crippen LogP contribution in [-0.2, 0) is 0 Å². The quantitative estimate of drug-likeness (QED) is 0.625. The van der Waals surface area contributed by atoms with E-state index in [2.05, 4.69) is 29.1 Å². The second kappa shape index (κ2) is 6.21. The Morgan fingerprint density at radius 1 is 1.24 bits per heavy atom. The summed E-state index contributed by atoms with van der Waals surface area (Å²) in [4.78, 5) is 8.56. The number of aromatic nitrogens is 2. The summed E-state index contributed by atoms with van der Waals surface area (Å²) in [5.41, 5.74) is 1.12. The van der Waals surface area contributed by atoms with Gasteiger partial charge in [0.15, 0.2) is 0 Å². The van der Waals surface area contributed by atoms with Gasteiger partial charge in [-0.05, 0) is 12.8 Å². The first-order valence-electron chi connectivity index (χ1n) is 5.84. The van der Waals surface area contributed by atoms with Crippen LogP contribution in [0.5, 0.6) is 0 Å². The Kier molecular flexibility index (Phi) is 5.21. The Morgan fingerprint density at radius 2 is 1.88 bits per heavy atom. The fraction of sp³-hybridized carbons (Fsp3) is 0.667. The SMILES string of the molecule is CNc1ncnc(SC(C)C(C)O)c1C(C)C. The molecule has 96 valence electrons. The standard InChI is InChI=1S/C12H21N3OS/c1-7(2)10-11(13-5)14-6-15-12(10)17-9(4)8(3)16/h6-9,16H,1-5H3,(H,13,14,15). The van der Waals surface area contributed by atoms with Gasteiger partial charge in [0, 0.05) is 17.9 Å². The van der Waals surface area contributed by atoms with Crippen molar-refractivity contribution in [3.8, 4) is 0 Å². The third-order valence-electron chi connectivity index (χ3n) is 2.64. The Hall–Kier alpha value is -0.810. The summed E-state index contributed by atoms with van der Waals surface area (Å²) in [7, 11) is 1.86. The smallest absolute Gasteiger partial charge is 0.133 e. The number of aliphatic hydroxyl groups is 1. The molecule has 2 N–H and O–H groups in total. The van der Waals surface area contributed by atoms with Crippen LogP contribution in [0.15, 0.2) is 11.4 Å². The Balaban J connectivity index is 3.06. The molecule has 2 unspecified atom stereocenters. The van der Waals surface area contributed by atoms with Gasteiger partial charge in [0.2, 0.25) is 0 Å². The third kappa shape index (κ3) is 3.57. The molecule has 0 aromatic carbocycles. The summed E-state index contributed by atoms with van der Waals surface area (Å²) in [6, 6.07) is 0. The van der Waals surface area contributed by atoms with Crippen molar-refractivity contribution in [2.45, 2.75) is 50.0 Å². The summed E-state index contributed by atoms with van der Waals surface area (Å²) >= 11 is 1.60. The van der Waals surface area contributed by atoms with E-state index in [1.807, 2.05) is 14.0 Å². The maximum absolute atomic E-state index is 9.56. The van der Waals surface area contributed by atoms with Crippen molar-refractivity contribution in [3.05, 3.63) is 11.9 Å². The summed E-state index contributed by atoms with van der Waals surface area (Å²) in [6.07, 6.45) is 1.21. The topological polar surface area (TPSA) is 58.0 Å². The first-order chi connectivity index (χ1) is 7.97. The zero-order valence-electron chi connectivity index (χ0n) is 11.1. The molecule has 1 aromatic rings. The van der Waals surface area contributed by atoms with Crippen LogP contribution in [-0.4, -0.2) is 33.5 Å². The van der Waals surface area contributed by atoms with Gasteiger partial charge in [-0.3, -0.25) is 0 Å². The molecule has 0 aliphatic heterocycles. The minimum Gasteiger partial charge on any atom is -0.392 e. The zero-order valence-corrected chi connectivity index (χ0v) is 11.9. The van der Waals surface area contributed by atoms with E-state index >= 15 is 0 Å². The van der Waals surface area contributed by atoms with Gasteiger partial charge in [0.05, 0.1) is 6.10 Å². The van der Waals surface area contributed by atoms with Crippen LogP contribution in [0.25, 0.3) is 0 Å². The molecule has 5 heteroatoms. The minimum absolute atomic E-state index is 0.118. The van der Waals surface area contributed by atoms with Gasteiger partial charge in [-0.2, -0.15) is 0 Å². The van der Waals surface area contributed by atoms with E-state index in [4.69, 9.17) is 0 Å². The summed E-state index contributed by atoms with van der Waals surface area (Å²) < 4.78 is 0. The van der Waals surface area contributed by atoms with Gasteiger partial charge in [-0.1, -0.05) is 20.8 Å². The fourth-order valence-electron chi connectivity index (χ4n) is 1.47. The van der Waals surface area contributed by atoms with Crippen LogP contribution >= 0.6 is 11.8 Å². The number of hydrogen-bond acceptors (Lipinski definition) is 5. The summed E-state index contributed by atoms with van der Waals surface area (Å²) in [6.45, 7) is 8.04. The molecule has 0 amide bonds. The summed E-state index contributed by atoms with van der Waals surface area (Å²) in [5.74, 6) is 1.22. The number of anilines is 1. The van der Waals surface area contributed by atoms with Gasteiger partial charge in [0.25, 0.3) is 0 Å².